The van der Waals surface area contributed by atoms with E-state index in [2.05, 4.69) is 0 Å². The molecule has 0 saturated heterocycles. The van der Waals surface area contributed by atoms with Crippen LogP contribution in [0.3, 0.4) is 0 Å². The molecule has 110 valence electrons. The molecule has 0 spiro atoms. The predicted molar refractivity (Wildman–Crippen MR) is 79.0 cm³/mol. The molecule has 1 aromatic rings. The van der Waals surface area contributed by atoms with Crippen LogP contribution in [0.5, 0.6) is 5.75 Å². The number of nitrogen functional groups attached to an aromatic ring is 1. The second-order valence-corrected chi connectivity index (χ2v) is 5.58. The highest BCUT2D eigenvalue weighted by molar-refractivity contribution is 5.82. The topological polar surface area (TPSA) is 64.8 Å². The number of para-hydroxylation sites is 1. The molecular weight excluding hydrogens is 256 g/mol. The van der Waals surface area contributed by atoms with Crippen molar-refractivity contribution >= 4 is 17.3 Å². The molecule has 1 unspecified atom stereocenters. The van der Waals surface area contributed by atoms with Gasteiger partial charge in [0.05, 0.1) is 18.8 Å². The summed E-state index contributed by atoms with van der Waals surface area (Å²) in [5, 5.41) is 0. The van der Waals surface area contributed by atoms with Crippen molar-refractivity contribution in [2.24, 2.45) is 5.92 Å². The molecule has 5 heteroatoms. The molecule has 2 N–H and O–H groups in total. The number of carbonyl (C=O) groups excluding carboxylic acids is 1. The van der Waals surface area contributed by atoms with Gasteiger partial charge >= 0.3 is 5.97 Å². The standard InChI is InChI=1S/C15H22N2O3/c1-10(2)9-19-14(18)8-17-7-11(3)20-13-6-4-5-12(16)15(13)17/h4-6,10-11H,7-9,16H2,1-3H3. The van der Waals surface area contributed by atoms with Crippen LogP contribution in [0.25, 0.3) is 0 Å². The summed E-state index contributed by atoms with van der Waals surface area (Å²) in [7, 11) is 0. The van der Waals surface area contributed by atoms with Crippen molar-refractivity contribution in [1.29, 1.82) is 0 Å². The average molecular weight is 278 g/mol. The summed E-state index contributed by atoms with van der Waals surface area (Å²) >= 11 is 0. The summed E-state index contributed by atoms with van der Waals surface area (Å²) in [6.45, 7) is 7.25. The maximum atomic E-state index is 11.9. The van der Waals surface area contributed by atoms with E-state index in [9.17, 15) is 4.79 Å². The number of nitrogens with two attached hydrogens (primary N) is 1. The first-order chi connectivity index (χ1) is 9.47. The van der Waals surface area contributed by atoms with Gasteiger partial charge in [-0.05, 0) is 25.0 Å². The van der Waals surface area contributed by atoms with Gasteiger partial charge in [-0.2, -0.15) is 0 Å². The Morgan fingerprint density at radius 1 is 1.55 bits per heavy atom. The van der Waals surface area contributed by atoms with E-state index >= 15 is 0 Å². The molecule has 2 rings (SSSR count). The molecule has 0 fully saturated rings. The smallest absolute Gasteiger partial charge is 0.325 e. The van der Waals surface area contributed by atoms with Gasteiger partial charge in [-0.1, -0.05) is 19.9 Å². The van der Waals surface area contributed by atoms with Gasteiger partial charge in [0.25, 0.3) is 0 Å². The van der Waals surface area contributed by atoms with Crippen LogP contribution in [0.4, 0.5) is 11.4 Å². The Labute approximate surface area is 119 Å². The summed E-state index contributed by atoms with van der Waals surface area (Å²) in [5.74, 6) is 0.822. The third-order valence-electron chi connectivity index (χ3n) is 3.05. The Balaban J connectivity index is 2.11. The van der Waals surface area contributed by atoms with E-state index < -0.39 is 0 Å². The normalized spacial score (nSPS) is 17.6. The van der Waals surface area contributed by atoms with Gasteiger partial charge < -0.3 is 20.1 Å². The van der Waals surface area contributed by atoms with Crippen molar-refractivity contribution in [3.63, 3.8) is 0 Å². The third-order valence-corrected chi connectivity index (χ3v) is 3.05. The Kier molecular flexibility index (Phi) is 4.37. The minimum atomic E-state index is -0.234. The van der Waals surface area contributed by atoms with E-state index in [0.717, 1.165) is 11.4 Å². The van der Waals surface area contributed by atoms with Crippen LogP contribution in [0.15, 0.2) is 18.2 Å². The van der Waals surface area contributed by atoms with Crippen LogP contribution in [0.1, 0.15) is 20.8 Å². The number of benzene rings is 1. The minimum absolute atomic E-state index is 0.0159. The third kappa shape index (κ3) is 3.35. The lowest BCUT2D eigenvalue weighted by molar-refractivity contribution is -0.143. The van der Waals surface area contributed by atoms with Gasteiger partial charge in [0.15, 0.2) is 0 Å². The summed E-state index contributed by atoms with van der Waals surface area (Å²) < 4.78 is 11.0. The van der Waals surface area contributed by atoms with E-state index in [1.807, 2.05) is 43.9 Å². The Morgan fingerprint density at radius 2 is 2.30 bits per heavy atom. The van der Waals surface area contributed by atoms with E-state index in [1.165, 1.54) is 0 Å². The molecule has 1 atom stereocenters. The monoisotopic (exact) mass is 278 g/mol. The maximum absolute atomic E-state index is 11.9. The van der Waals surface area contributed by atoms with Gasteiger partial charge in [-0.25, -0.2) is 0 Å². The highest BCUT2D eigenvalue weighted by Crippen LogP contribution is 2.37. The molecule has 0 aromatic heterocycles. The molecule has 0 radical (unpaired) electrons. The summed E-state index contributed by atoms with van der Waals surface area (Å²) in [6, 6.07) is 5.53. The number of rotatable bonds is 4. The van der Waals surface area contributed by atoms with E-state index in [0.29, 0.717) is 24.8 Å². The lowest BCUT2D eigenvalue weighted by Crippen LogP contribution is -2.42. The summed E-state index contributed by atoms with van der Waals surface area (Å²) in [4.78, 5) is 13.8. The average Bonchev–Trinajstić information content (AvgIpc) is 2.35. The lowest BCUT2D eigenvalue weighted by Gasteiger charge is -2.35. The van der Waals surface area contributed by atoms with Crippen molar-refractivity contribution in [2.75, 3.05) is 30.3 Å². The fraction of sp³-hybridized carbons (Fsp3) is 0.533. The van der Waals surface area contributed by atoms with Gasteiger partial charge in [0, 0.05) is 0 Å². The molecule has 1 heterocycles. The highest BCUT2D eigenvalue weighted by Gasteiger charge is 2.26. The lowest BCUT2D eigenvalue weighted by atomic mass is 10.1. The zero-order valence-corrected chi connectivity index (χ0v) is 12.3. The predicted octanol–water partition coefficient (Wildman–Crippen LogP) is 2.06. The second kappa shape index (κ2) is 6.03. The van der Waals surface area contributed by atoms with E-state index in [1.54, 1.807) is 0 Å². The van der Waals surface area contributed by atoms with Crippen LogP contribution in [-0.2, 0) is 9.53 Å². The maximum Gasteiger partial charge on any atom is 0.325 e. The van der Waals surface area contributed by atoms with Crippen molar-refractivity contribution in [1.82, 2.24) is 0 Å². The quantitative estimate of drug-likeness (QED) is 0.674. The summed E-state index contributed by atoms with van der Waals surface area (Å²) in [5.41, 5.74) is 7.40. The molecule has 0 aliphatic carbocycles. The van der Waals surface area contributed by atoms with Crippen molar-refractivity contribution in [3.8, 4) is 5.75 Å². The first kappa shape index (κ1) is 14.5. The number of anilines is 2. The first-order valence-electron chi connectivity index (χ1n) is 6.93. The number of ether oxygens (including phenoxy) is 2. The fourth-order valence-electron chi connectivity index (χ4n) is 2.23. The van der Waals surface area contributed by atoms with Crippen molar-refractivity contribution < 1.29 is 14.3 Å². The van der Waals surface area contributed by atoms with Crippen LogP contribution < -0.4 is 15.4 Å². The number of hydrogen-bond acceptors (Lipinski definition) is 5. The van der Waals surface area contributed by atoms with Gasteiger partial charge in [-0.15, -0.1) is 0 Å². The molecule has 5 nitrogen and oxygen atoms in total. The highest BCUT2D eigenvalue weighted by atomic mass is 16.5. The first-order valence-corrected chi connectivity index (χ1v) is 6.93. The van der Waals surface area contributed by atoms with Gasteiger partial charge in [-0.3, -0.25) is 4.79 Å². The summed E-state index contributed by atoms with van der Waals surface area (Å²) in [6.07, 6.45) is 0.0159. The minimum Gasteiger partial charge on any atom is -0.487 e. The Hall–Kier alpha value is -1.91. The molecule has 1 aromatic carbocycles. The van der Waals surface area contributed by atoms with Crippen LogP contribution in [0, 0.1) is 5.92 Å². The fourth-order valence-corrected chi connectivity index (χ4v) is 2.23. The van der Waals surface area contributed by atoms with E-state index in [4.69, 9.17) is 15.2 Å². The molecule has 0 saturated carbocycles. The zero-order chi connectivity index (χ0) is 14.7. The number of esters is 1. The van der Waals surface area contributed by atoms with Crippen LogP contribution in [-0.4, -0.2) is 31.8 Å². The molecule has 20 heavy (non-hydrogen) atoms. The largest absolute Gasteiger partial charge is 0.487 e. The Morgan fingerprint density at radius 3 is 3.00 bits per heavy atom. The number of fused-ring (bicyclic) bond motifs is 1. The second-order valence-electron chi connectivity index (χ2n) is 5.58. The van der Waals surface area contributed by atoms with Crippen LogP contribution in [0.2, 0.25) is 0 Å². The molecule has 0 amide bonds. The molecular formula is C15H22N2O3. The zero-order valence-electron chi connectivity index (χ0n) is 12.3. The number of hydrogen-bond donors (Lipinski definition) is 1. The SMILES string of the molecule is CC(C)COC(=O)CN1CC(C)Oc2cccc(N)c21. The van der Waals surface area contributed by atoms with Gasteiger partial charge in [0.2, 0.25) is 0 Å². The number of carbonyl (C=O) groups is 1. The van der Waals surface area contributed by atoms with Crippen LogP contribution >= 0.6 is 0 Å². The van der Waals surface area contributed by atoms with Crippen molar-refractivity contribution in [2.45, 2.75) is 26.9 Å². The van der Waals surface area contributed by atoms with E-state index in [-0.39, 0.29) is 18.6 Å². The number of nitrogens with zero attached hydrogens (tertiary/aromatic N) is 1. The molecule has 0 bridgehead atoms. The molecule has 1 aliphatic heterocycles. The van der Waals surface area contributed by atoms with Crippen molar-refractivity contribution in [3.05, 3.63) is 18.2 Å². The Bertz CT molecular complexity index is 488. The molecule has 1 aliphatic rings. The van der Waals surface area contributed by atoms with Gasteiger partial charge in [0.1, 0.15) is 24.1 Å².